The number of hydrogen-bond donors (Lipinski definition) is 2. The van der Waals surface area contributed by atoms with Crippen molar-refractivity contribution in [2.24, 2.45) is 12.0 Å². The molecule has 0 atom stereocenters. The summed E-state index contributed by atoms with van der Waals surface area (Å²) in [5.41, 5.74) is 3.52. The van der Waals surface area contributed by atoms with E-state index in [1.165, 1.54) is 11.3 Å². The smallest absolute Gasteiger partial charge is 0.191 e. The van der Waals surface area contributed by atoms with Gasteiger partial charge in [0.2, 0.25) is 0 Å². The highest BCUT2D eigenvalue weighted by Crippen LogP contribution is 2.11. The number of aliphatic imine (C=N–C) groups is 1. The van der Waals surface area contributed by atoms with E-state index < -0.39 is 0 Å². The Morgan fingerprint density at radius 1 is 1.14 bits per heavy atom. The van der Waals surface area contributed by atoms with Crippen molar-refractivity contribution in [1.29, 1.82) is 0 Å². The average Bonchev–Trinajstić information content (AvgIpc) is 2.93. The normalized spacial score (nSPS) is 11.4. The van der Waals surface area contributed by atoms with E-state index in [2.05, 4.69) is 49.9 Å². The lowest BCUT2D eigenvalue weighted by Crippen LogP contribution is -2.36. The van der Waals surface area contributed by atoms with Crippen LogP contribution in [0.1, 0.15) is 11.3 Å². The van der Waals surface area contributed by atoms with Crippen LogP contribution in [0.3, 0.4) is 0 Å². The second-order valence-electron chi connectivity index (χ2n) is 5.29. The molecule has 1 heterocycles. The van der Waals surface area contributed by atoms with Gasteiger partial charge in [-0.2, -0.15) is 5.10 Å². The van der Waals surface area contributed by atoms with Gasteiger partial charge in [0, 0.05) is 46.6 Å². The second kappa shape index (κ2) is 7.49. The number of aryl methyl sites for hydroxylation is 1. The van der Waals surface area contributed by atoms with Gasteiger partial charge in [0.05, 0.1) is 12.2 Å². The Balaban J connectivity index is 1.84. The molecule has 6 nitrogen and oxygen atoms in total. The van der Waals surface area contributed by atoms with Crippen molar-refractivity contribution in [2.45, 2.75) is 13.1 Å². The molecule has 0 amide bonds. The van der Waals surface area contributed by atoms with E-state index >= 15 is 0 Å². The lowest BCUT2D eigenvalue weighted by molar-refractivity contribution is 0.684. The summed E-state index contributed by atoms with van der Waals surface area (Å²) in [5.74, 6) is 0.776. The third-order valence-corrected chi connectivity index (χ3v) is 3.50. The zero-order chi connectivity index (χ0) is 15.9. The monoisotopic (exact) mass is 300 g/mol. The summed E-state index contributed by atoms with van der Waals surface area (Å²) >= 11 is 0. The molecule has 0 saturated heterocycles. The van der Waals surface area contributed by atoms with E-state index in [0.717, 1.165) is 18.2 Å². The molecule has 2 aromatic rings. The maximum Gasteiger partial charge on any atom is 0.191 e. The highest BCUT2D eigenvalue weighted by Gasteiger charge is 2.02. The van der Waals surface area contributed by atoms with E-state index in [4.69, 9.17) is 0 Å². The summed E-state index contributed by atoms with van der Waals surface area (Å²) in [5, 5.41) is 10.7. The van der Waals surface area contributed by atoms with Crippen LogP contribution in [0.15, 0.2) is 41.5 Å². The van der Waals surface area contributed by atoms with Gasteiger partial charge in [-0.25, -0.2) is 0 Å². The maximum absolute atomic E-state index is 4.23. The van der Waals surface area contributed by atoms with E-state index in [1.807, 2.05) is 31.9 Å². The van der Waals surface area contributed by atoms with Gasteiger partial charge in [0.1, 0.15) is 0 Å². The van der Waals surface area contributed by atoms with Crippen LogP contribution in [0, 0.1) is 0 Å². The lowest BCUT2D eigenvalue weighted by Gasteiger charge is -2.14. The molecule has 0 aliphatic rings. The molecule has 1 aromatic carbocycles. The predicted molar refractivity (Wildman–Crippen MR) is 91.0 cm³/mol. The minimum atomic E-state index is 0.690. The predicted octanol–water partition coefficient (Wildman–Crippen LogP) is 1.35. The van der Waals surface area contributed by atoms with Crippen molar-refractivity contribution < 1.29 is 0 Å². The Morgan fingerprint density at radius 3 is 2.36 bits per heavy atom. The van der Waals surface area contributed by atoms with Crippen molar-refractivity contribution in [3.63, 3.8) is 0 Å². The van der Waals surface area contributed by atoms with Gasteiger partial charge >= 0.3 is 0 Å². The van der Waals surface area contributed by atoms with Crippen LogP contribution in [0.5, 0.6) is 0 Å². The van der Waals surface area contributed by atoms with Gasteiger partial charge in [-0.05, 0) is 23.8 Å². The number of rotatable bonds is 5. The van der Waals surface area contributed by atoms with Crippen LogP contribution in [-0.4, -0.2) is 36.9 Å². The molecule has 2 N–H and O–H groups in total. The number of anilines is 1. The zero-order valence-corrected chi connectivity index (χ0v) is 13.7. The van der Waals surface area contributed by atoms with E-state index in [1.54, 1.807) is 13.2 Å². The standard InChI is InChI=1S/C16H24N6/c1-17-16(19-12-15-9-10-20-22(15)4)18-11-13-5-7-14(8-6-13)21(2)3/h5-10H,11-12H2,1-4H3,(H2,17,18,19). The van der Waals surface area contributed by atoms with Crippen LogP contribution >= 0.6 is 0 Å². The first kappa shape index (κ1) is 15.9. The molecule has 0 radical (unpaired) electrons. The van der Waals surface area contributed by atoms with E-state index in [0.29, 0.717) is 6.54 Å². The van der Waals surface area contributed by atoms with Crippen molar-refractivity contribution in [3.05, 3.63) is 47.8 Å². The summed E-state index contributed by atoms with van der Waals surface area (Å²) in [7, 11) is 7.78. The quantitative estimate of drug-likeness (QED) is 0.646. The molecule has 0 bridgehead atoms. The number of aromatic nitrogens is 2. The van der Waals surface area contributed by atoms with Crippen molar-refractivity contribution in [1.82, 2.24) is 20.4 Å². The highest BCUT2D eigenvalue weighted by atomic mass is 15.3. The molecule has 0 fully saturated rings. The minimum Gasteiger partial charge on any atom is -0.378 e. The fourth-order valence-electron chi connectivity index (χ4n) is 2.07. The molecule has 1 aromatic heterocycles. The Morgan fingerprint density at radius 2 is 1.82 bits per heavy atom. The number of nitrogens with zero attached hydrogens (tertiary/aromatic N) is 4. The van der Waals surface area contributed by atoms with Gasteiger partial charge in [-0.15, -0.1) is 0 Å². The Hall–Kier alpha value is -2.50. The molecule has 118 valence electrons. The van der Waals surface area contributed by atoms with Crippen LogP contribution in [0.2, 0.25) is 0 Å². The van der Waals surface area contributed by atoms with Crippen molar-refractivity contribution in [3.8, 4) is 0 Å². The van der Waals surface area contributed by atoms with Gasteiger partial charge in [-0.1, -0.05) is 12.1 Å². The molecule has 0 unspecified atom stereocenters. The van der Waals surface area contributed by atoms with Crippen LogP contribution in [0.4, 0.5) is 5.69 Å². The van der Waals surface area contributed by atoms with E-state index in [9.17, 15) is 0 Å². The Kier molecular flexibility index (Phi) is 5.41. The van der Waals surface area contributed by atoms with Gasteiger partial charge < -0.3 is 15.5 Å². The first-order valence-corrected chi connectivity index (χ1v) is 7.28. The van der Waals surface area contributed by atoms with Gasteiger partial charge in [0.25, 0.3) is 0 Å². The Bertz CT molecular complexity index is 612. The molecule has 0 saturated carbocycles. The summed E-state index contributed by atoms with van der Waals surface area (Å²) in [6, 6.07) is 10.5. The Labute approximate surface area is 131 Å². The fraction of sp³-hybridized carbons (Fsp3) is 0.375. The summed E-state index contributed by atoms with van der Waals surface area (Å²) < 4.78 is 1.85. The third-order valence-electron chi connectivity index (χ3n) is 3.50. The minimum absolute atomic E-state index is 0.690. The molecular formula is C16H24N6. The molecule has 2 rings (SSSR count). The molecule has 0 aliphatic carbocycles. The maximum atomic E-state index is 4.23. The lowest BCUT2D eigenvalue weighted by atomic mass is 10.2. The molecular weight excluding hydrogens is 276 g/mol. The average molecular weight is 300 g/mol. The van der Waals surface area contributed by atoms with Gasteiger partial charge in [-0.3, -0.25) is 9.67 Å². The number of benzene rings is 1. The molecule has 0 spiro atoms. The van der Waals surface area contributed by atoms with Crippen LogP contribution in [0.25, 0.3) is 0 Å². The van der Waals surface area contributed by atoms with Crippen LogP contribution < -0.4 is 15.5 Å². The molecule has 22 heavy (non-hydrogen) atoms. The fourth-order valence-corrected chi connectivity index (χ4v) is 2.07. The summed E-state index contributed by atoms with van der Waals surface area (Å²) in [6.07, 6.45) is 1.79. The van der Waals surface area contributed by atoms with Crippen molar-refractivity contribution in [2.75, 3.05) is 26.0 Å². The van der Waals surface area contributed by atoms with Crippen LogP contribution in [-0.2, 0) is 20.1 Å². The highest BCUT2D eigenvalue weighted by molar-refractivity contribution is 5.79. The first-order chi connectivity index (χ1) is 10.6. The van der Waals surface area contributed by atoms with Crippen molar-refractivity contribution >= 4 is 11.6 Å². The summed E-state index contributed by atoms with van der Waals surface area (Å²) in [6.45, 7) is 1.43. The zero-order valence-electron chi connectivity index (χ0n) is 13.7. The largest absolute Gasteiger partial charge is 0.378 e. The van der Waals surface area contributed by atoms with Gasteiger partial charge in [0.15, 0.2) is 5.96 Å². The first-order valence-electron chi connectivity index (χ1n) is 7.28. The summed E-state index contributed by atoms with van der Waals surface area (Å²) in [4.78, 5) is 6.32. The second-order valence-corrected chi connectivity index (χ2v) is 5.29. The third kappa shape index (κ3) is 4.25. The topological polar surface area (TPSA) is 57.5 Å². The number of hydrogen-bond acceptors (Lipinski definition) is 3. The number of guanidine groups is 1. The molecule has 6 heteroatoms. The molecule has 0 aliphatic heterocycles. The number of nitrogens with one attached hydrogen (secondary N) is 2. The van der Waals surface area contributed by atoms with E-state index in [-0.39, 0.29) is 0 Å². The SMILES string of the molecule is CN=C(NCc1ccc(N(C)C)cc1)NCc1ccnn1C.